The van der Waals surface area contributed by atoms with Gasteiger partial charge in [-0.3, -0.25) is 18.6 Å². The van der Waals surface area contributed by atoms with E-state index in [0.29, 0.717) is 25.7 Å². The first-order valence-corrected chi connectivity index (χ1v) is 17.3. The van der Waals surface area contributed by atoms with Gasteiger partial charge in [-0.25, -0.2) is 4.57 Å². The molecule has 0 aromatic carbocycles. The molecule has 0 aromatic heterocycles. The van der Waals surface area contributed by atoms with Crippen LogP contribution >= 0.6 is 7.82 Å². The van der Waals surface area contributed by atoms with E-state index < -0.39 is 7.82 Å². The van der Waals surface area contributed by atoms with E-state index in [1.54, 1.807) is 0 Å². The molecule has 0 saturated heterocycles. The lowest BCUT2D eigenvalue weighted by Gasteiger charge is -2.12. The predicted octanol–water partition coefficient (Wildman–Crippen LogP) is 8.83. The van der Waals surface area contributed by atoms with Crippen LogP contribution in [0.1, 0.15) is 155 Å². The predicted molar refractivity (Wildman–Crippen MR) is 157 cm³/mol. The maximum atomic E-state index is 11.9. The van der Waals surface area contributed by atoms with Crippen molar-refractivity contribution in [2.24, 2.45) is 0 Å². The third kappa shape index (κ3) is 29.8. The second-order valence-electron chi connectivity index (χ2n) is 10.4. The Hall–Kier alpha value is -0.950. The van der Waals surface area contributed by atoms with Crippen molar-refractivity contribution < 1.29 is 37.6 Å². The summed E-state index contributed by atoms with van der Waals surface area (Å²) in [5.41, 5.74) is 0. The van der Waals surface area contributed by atoms with Crippen LogP contribution in [0.5, 0.6) is 0 Å². The Labute approximate surface area is 238 Å². The van der Waals surface area contributed by atoms with Crippen LogP contribution in [-0.2, 0) is 32.7 Å². The highest BCUT2D eigenvalue weighted by Gasteiger charge is 2.20. The fraction of sp³-hybridized carbons (Fsp3) is 0.933. The number of carbonyl (C=O) groups is 2. The summed E-state index contributed by atoms with van der Waals surface area (Å²) in [4.78, 5) is 33.3. The molecule has 0 aromatic rings. The fourth-order valence-corrected chi connectivity index (χ4v) is 4.99. The van der Waals surface area contributed by atoms with Gasteiger partial charge in [-0.1, -0.05) is 117 Å². The molecule has 0 amide bonds. The molecule has 0 aliphatic rings. The van der Waals surface area contributed by atoms with Gasteiger partial charge in [0, 0.05) is 25.7 Å². The molecule has 0 heterocycles. The first-order chi connectivity index (χ1) is 18.9. The van der Waals surface area contributed by atoms with E-state index in [1.165, 1.54) is 77.0 Å². The summed E-state index contributed by atoms with van der Waals surface area (Å²) in [5.74, 6) is -0.484. The number of carbonyl (C=O) groups excluding carboxylic acids is 2. The van der Waals surface area contributed by atoms with Crippen LogP contribution < -0.4 is 0 Å². The van der Waals surface area contributed by atoms with Gasteiger partial charge in [0.25, 0.3) is 0 Å². The van der Waals surface area contributed by atoms with Crippen molar-refractivity contribution >= 4 is 19.8 Å². The number of hydrogen-bond acceptors (Lipinski definition) is 7. The Morgan fingerprint density at radius 2 is 0.795 bits per heavy atom. The van der Waals surface area contributed by atoms with Gasteiger partial charge in [-0.15, -0.1) is 0 Å². The van der Waals surface area contributed by atoms with E-state index in [0.717, 1.165) is 38.5 Å². The molecule has 0 rings (SSSR count). The van der Waals surface area contributed by atoms with E-state index in [1.807, 2.05) is 0 Å². The third-order valence-electron chi connectivity index (χ3n) is 6.58. The van der Waals surface area contributed by atoms with Crippen LogP contribution in [0, 0.1) is 0 Å². The van der Waals surface area contributed by atoms with Crippen molar-refractivity contribution in [3.05, 3.63) is 0 Å². The Kier molecular flexibility index (Phi) is 27.9. The zero-order valence-corrected chi connectivity index (χ0v) is 26.0. The van der Waals surface area contributed by atoms with E-state index in [2.05, 4.69) is 13.8 Å². The monoisotopic (exact) mass is 578 g/mol. The Morgan fingerprint density at radius 3 is 1.13 bits per heavy atom. The molecule has 0 aliphatic carbocycles. The van der Waals surface area contributed by atoms with Gasteiger partial charge in [-0.05, 0) is 12.8 Å². The van der Waals surface area contributed by atoms with E-state index >= 15 is 0 Å². The van der Waals surface area contributed by atoms with Crippen molar-refractivity contribution in [1.82, 2.24) is 0 Å². The fourth-order valence-electron chi connectivity index (χ4n) is 4.19. The quantitative estimate of drug-likeness (QED) is 0.0511. The van der Waals surface area contributed by atoms with E-state index in [-0.39, 0.29) is 38.4 Å². The number of rotatable bonds is 30. The molecular weight excluding hydrogens is 519 g/mol. The van der Waals surface area contributed by atoms with Gasteiger partial charge < -0.3 is 14.4 Å². The minimum Gasteiger partial charge on any atom is -0.466 e. The molecule has 0 radical (unpaired) electrons. The normalized spacial score (nSPS) is 11.6. The standard InChI is InChI=1S/C30H59O8P/c1-3-5-7-9-11-13-15-17-19-23-29(31)35-25-21-27-37-39(33,34)38-28-22-26-36-30(32)24-20-18-16-14-12-10-8-6-4-2/h3-28H2,1-2H3,(H,33,34). The molecule has 0 aliphatic heterocycles. The largest absolute Gasteiger partial charge is 0.472 e. The number of hydrogen-bond donors (Lipinski definition) is 1. The first kappa shape index (κ1) is 38.0. The number of phosphoric ester groups is 1. The smallest absolute Gasteiger partial charge is 0.466 e. The van der Waals surface area contributed by atoms with Crippen molar-refractivity contribution in [2.75, 3.05) is 26.4 Å². The Morgan fingerprint density at radius 1 is 0.487 bits per heavy atom. The van der Waals surface area contributed by atoms with Crippen molar-refractivity contribution in [2.45, 2.75) is 155 Å². The second-order valence-corrected chi connectivity index (χ2v) is 11.9. The number of esters is 2. The van der Waals surface area contributed by atoms with Gasteiger partial charge in [0.2, 0.25) is 0 Å². The molecule has 8 nitrogen and oxygen atoms in total. The SMILES string of the molecule is CCCCCCCCCCCC(=O)OCCCOP(=O)(O)OCCCOC(=O)CCCCCCCCCCC. The van der Waals surface area contributed by atoms with E-state index in [4.69, 9.17) is 18.5 Å². The average molecular weight is 579 g/mol. The summed E-state index contributed by atoms with van der Waals surface area (Å²) in [6, 6.07) is 0. The Balaban J connectivity index is 3.51. The maximum absolute atomic E-state index is 11.9. The number of ether oxygens (including phenoxy) is 2. The van der Waals surface area contributed by atoms with Crippen LogP contribution in [-0.4, -0.2) is 43.3 Å². The third-order valence-corrected chi connectivity index (χ3v) is 7.60. The van der Waals surface area contributed by atoms with Crippen LogP contribution in [0.4, 0.5) is 0 Å². The summed E-state index contributed by atoms with van der Waals surface area (Å²) in [6.07, 6.45) is 22.9. The summed E-state index contributed by atoms with van der Waals surface area (Å²) in [5, 5.41) is 0. The topological polar surface area (TPSA) is 108 Å². The molecule has 0 atom stereocenters. The Bertz CT molecular complexity index is 566. The number of phosphoric acid groups is 1. The molecule has 232 valence electrons. The highest BCUT2D eigenvalue weighted by molar-refractivity contribution is 7.47. The minimum absolute atomic E-state index is 0.0488. The molecular formula is C30H59O8P. The lowest BCUT2D eigenvalue weighted by atomic mass is 10.1. The molecule has 39 heavy (non-hydrogen) atoms. The molecule has 0 spiro atoms. The summed E-state index contributed by atoms with van der Waals surface area (Å²) < 4.78 is 32.0. The average Bonchev–Trinajstić information content (AvgIpc) is 2.90. The zero-order chi connectivity index (χ0) is 28.9. The maximum Gasteiger partial charge on any atom is 0.472 e. The lowest BCUT2D eigenvalue weighted by molar-refractivity contribution is -0.144. The summed E-state index contributed by atoms with van der Waals surface area (Å²) in [7, 11) is -4.18. The van der Waals surface area contributed by atoms with Crippen LogP contribution in [0.2, 0.25) is 0 Å². The van der Waals surface area contributed by atoms with Crippen molar-refractivity contribution in [3.8, 4) is 0 Å². The van der Waals surface area contributed by atoms with E-state index in [9.17, 15) is 19.0 Å². The second kappa shape index (κ2) is 28.6. The minimum atomic E-state index is -4.18. The highest BCUT2D eigenvalue weighted by Crippen LogP contribution is 2.43. The van der Waals surface area contributed by atoms with Crippen LogP contribution in [0.25, 0.3) is 0 Å². The molecule has 1 N–H and O–H groups in total. The van der Waals surface area contributed by atoms with Gasteiger partial charge in [-0.2, -0.15) is 0 Å². The van der Waals surface area contributed by atoms with Crippen LogP contribution in [0.3, 0.4) is 0 Å². The van der Waals surface area contributed by atoms with Gasteiger partial charge in [0.05, 0.1) is 26.4 Å². The number of unbranched alkanes of at least 4 members (excludes halogenated alkanes) is 16. The molecule has 0 bridgehead atoms. The van der Waals surface area contributed by atoms with Crippen molar-refractivity contribution in [1.29, 1.82) is 0 Å². The molecule has 0 saturated carbocycles. The lowest BCUT2D eigenvalue weighted by Crippen LogP contribution is -2.09. The van der Waals surface area contributed by atoms with Crippen LogP contribution in [0.15, 0.2) is 0 Å². The molecule has 9 heteroatoms. The van der Waals surface area contributed by atoms with Gasteiger partial charge >= 0.3 is 19.8 Å². The van der Waals surface area contributed by atoms with Crippen molar-refractivity contribution in [3.63, 3.8) is 0 Å². The summed E-state index contributed by atoms with van der Waals surface area (Å²) in [6.45, 7) is 4.63. The van der Waals surface area contributed by atoms with Gasteiger partial charge in [0.15, 0.2) is 0 Å². The van der Waals surface area contributed by atoms with Gasteiger partial charge in [0.1, 0.15) is 0 Å². The molecule has 0 unspecified atom stereocenters. The highest BCUT2D eigenvalue weighted by atomic mass is 31.2. The molecule has 0 fully saturated rings. The zero-order valence-electron chi connectivity index (χ0n) is 25.1. The first-order valence-electron chi connectivity index (χ1n) is 15.8. The summed E-state index contributed by atoms with van der Waals surface area (Å²) >= 11 is 0.